The van der Waals surface area contributed by atoms with Crippen LogP contribution >= 0.6 is 0 Å². The lowest BCUT2D eigenvalue weighted by Gasteiger charge is -2.23. The molecule has 11 nitrogen and oxygen atoms in total. The van der Waals surface area contributed by atoms with Crippen LogP contribution in [0.2, 0.25) is 0 Å². The molecule has 3 amide bonds. The molecule has 2 aliphatic rings. The maximum Gasteiger partial charge on any atom is 0.269 e. The lowest BCUT2D eigenvalue weighted by Crippen LogP contribution is -2.44. The third-order valence-electron chi connectivity index (χ3n) is 6.17. The monoisotopic (exact) mass is 491 g/mol. The standard InChI is InChI=1S/C25H25N5O6/c1-2-4-22(31)27-18-6-3-5-17(12-18)20-13-25(36-28-20)14-21(24(26)33)29(15-25)23(32)11-16-7-9-19(10-8-16)30(34)35/h2-10,12,21H,11,13-15H2,1H3,(H2,26,33)(H,27,31). The Morgan fingerprint density at radius 1 is 1.28 bits per heavy atom. The number of allylic oxidation sites excluding steroid dienone is 1. The number of benzene rings is 2. The van der Waals surface area contributed by atoms with E-state index < -0.39 is 22.5 Å². The molecule has 0 bridgehead atoms. The summed E-state index contributed by atoms with van der Waals surface area (Å²) < 4.78 is 0. The number of primary amides is 1. The topological polar surface area (TPSA) is 157 Å². The van der Waals surface area contributed by atoms with Crippen LogP contribution in [-0.2, 0) is 25.6 Å². The average Bonchev–Trinajstić information content (AvgIpc) is 3.44. The second kappa shape index (κ2) is 9.98. The molecule has 0 saturated carbocycles. The number of amides is 3. The summed E-state index contributed by atoms with van der Waals surface area (Å²) in [5, 5.41) is 17.9. The van der Waals surface area contributed by atoms with Crippen LogP contribution < -0.4 is 11.1 Å². The van der Waals surface area contributed by atoms with Crippen molar-refractivity contribution in [1.29, 1.82) is 0 Å². The number of nitrogens with one attached hydrogen (secondary N) is 1. The van der Waals surface area contributed by atoms with Gasteiger partial charge in [-0.3, -0.25) is 24.5 Å². The molecule has 1 saturated heterocycles. The van der Waals surface area contributed by atoms with E-state index in [-0.39, 0.29) is 36.9 Å². The van der Waals surface area contributed by atoms with Crippen LogP contribution in [0.25, 0.3) is 0 Å². The van der Waals surface area contributed by atoms with Gasteiger partial charge in [0, 0.05) is 36.2 Å². The summed E-state index contributed by atoms with van der Waals surface area (Å²) in [5.74, 6) is -1.23. The number of oxime groups is 1. The predicted molar refractivity (Wildman–Crippen MR) is 131 cm³/mol. The Kier molecular flexibility index (Phi) is 6.82. The fraction of sp³-hybridized carbons (Fsp3) is 0.280. The van der Waals surface area contributed by atoms with E-state index in [9.17, 15) is 24.5 Å². The van der Waals surface area contributed by atoms with Crippen molar-refractivity contribution in [3.63, 3.8) is 0 Å². The Hall–Kier alpha value is -4.54. The number of anilines is 1. The zero-order chi connectivity index (χ0) is 25.9. The average molecular weight is 492 g/mol. The van der Waals surface area contributed by atoms with E-state index in [4.69, 9.17) is 10.6 Å². The van der Waals surface area contributed by atoms with E-state index in [0.717, 1.165) is 5.56 Å². The number of carbonyl (C=O) groups is 3. The summed E-state index contributed by atoms with van der Waals surface area (Å²) in [6.45, 7) is 1.87. The van der Waals surface area contributed by atoms with Crippen molar-refractivity contribution in [3.05, 3.63) is 81.9 Å². The molecule has 1 fully saturated rings. The molecule has 36 heavy (non-hydrogen) atoms. The van der Waals surface area contributed by atoms with Gasteiger partial charge in [0.2, 0.25) is 17.7 Å². The highest BCUT2D eigenvalue weighted by atomic mass is 16.7. The van der Waals surface area contributed by atoms with Gasteiger partial charge in [0.15, 0.2) is 5.60 Å². The van der Waals surface area contributed by atoms with Gasteiger partial charge in [-0.15, -0.1) is 0 Å². The lowest BCUT2D eigenvalue weighted by molar-refractivity contribution is -0.384. The Labute approximate surface area is 206 Å². The minimum absolute atomic E-state index is 0.0421. The van der Waals surface area contributed by atoms with Crippen LogP contribution in [0.5, 0.6) is 0 Å². The second-order valence-corrected chi connectivity index (χ2v) is 8.80. The first-order valence-corrected chi connectivity index (χ1v) is 11.3. The number of carbonyl (C=O) groups excluding carboxylic acids is 3. The first-order valence-electron chi connectivity index (χ1n) is 11.3. The smallest absolute Gasteiger partial charge is 0.269 e. The van der Waals surface area contributed by atoms with Crippen LogP contribution in [0.15, 0.2) is 65.8 Å². The molecule has 186 valence electrons. The number of likely N-dealkylation sites (tertiary alicyclic amines) is 1. The Balaban J connectivity index is 1.46. The predicted octanol–water partition coefficient (Wildman–Crippen LogP) is 2.30. The number of nitro groups is 1. The van der Waals surface area contributed by atoms with E-state index in [1.54, 1.807) is 31.2 Å². The van der Waals surface area contributed by atoms with Crippen LogP contribution in [-0.4, -0.2) is 51.4 Å². The van der Waals surface area contributed by atoms with Crippen molar-refractivity contribution >= 4 is 34.8 Å². The molecule has 0 aromatic heterocycles. The van der Waals surface area contributed by atoms with E-state index in [0.29, 0.717) is 23.4 Å². The summed E-state index contributed by atoms with van der Waals surface area (Å²) in [5.41, 5.74) is 7.20. The molecule has 2 aliphatic heterocycles. The van der Waals surface area contributed by atoms with Gasteiger partial charge in [-0.05, 0) is 30.7 Å². The molecule has 2 unspecified atom stereocenters. The molecule has 2 aromatic carbocycles. The van der Waals surface area contributed by atoms with E-state index in [1.807, 2.05) is 6.07 Å². The highest BCUT2D eigenvalue weighted by molar-refractivity contribution is 6.04. The zero-order valence-corrected chi connectivity index (χ0v) is 19.5. The lowest BCUT2D eigenvalue weighted by atomic mass is 9.91. The molecular formula is C25H25N5O6. The zero-order valence-electron chi connectivity index (χ0n) is 19.5. The van der Waals surface area contributed by atoms with Crippen molar-refractivity contribution in [1.82, 2.24) is 4.90 Å². The van der Waals surface area contributed by atoms with Gasteiger partial charge in [-0.2, -0.15) is 0 Å². The van der Waals surface area contributed by atoms with Gasteiger partial charge >= 0.3 is 0 Å². The van der Waals surface area contributed by atoms with Crippen molar-refractivity contribution in [2.75, 3.05) is 11.9 Å². The molecule has 1 spiro atoms. The van der Waals surface area contributed by atoms with E-state index in [2.05, 4.69) is 10.5 Å². The number of hydrogen-bond acceptors (Lipinski definition) is 7. The van der Waals surface area contributed by atoms with Crippen LogP contribution in [0.1, 0.15) is 30.9 Å². The normalized spacial score (nSPS) is 20.9. The molecule has 2 aromatic rings. The van der Waals surface area contributed by atoms with Crippen LogP contribution in [0.4, 0.5) is 11.4 Å². The van der Waals surface area contributed by atoms with Crippen LogP contribution in [0, 0.1) is 10.1 Å². The fourth-order valence-corrected chi connectivity index (χ4v) is 4.46. The van der Waals surface area contributed by atoms with E-state index >= 15 is 0 Å². The van der Waals surface area contributed by atoms with Crippen molar-refractivity contribution in [2.45, 2.75) is 37.8 Å². The molecule has 0 aliphatic carbocycles. The summed E-state index contributed by atoms with van der Waals surface area (Å²) in [7, 11) is 0. The summed E-state index contributed by atoms with van der Waals surface area (Å²) >= 11 is 0. The van der Waals surface area contributed by atoms with Crippen LogP contribution in [0.3, 0.4) is 0 Å². The largest absolute Gasteiger partial charge is 0.387 e. The number of nitro benzene ring substituents is 1. The number of rotatable bonds is 7. The Morgan fingerprint density at radius 3 is 2.69 bits per heavy atom. The fourth-order valence-electron chi connectivity index (χ4n) is 4.46. The summed E-state index contributed by atoms with van der Waals surface area (Å²) in [6, 6.07) is 12.0. The Bertz CT molecular complexity index is 1270. The molecule has 2 atom stereocenters. The quantitative estimate of drug-likeness (QED) is 0.344. The molecule has 11 heteroatoms. The first-order chi connectivity index (χ1) is 17.2. The third-order valence-corrected chi connectivity index (χ3v) is 6.17. The van der Waals surface area contributed by atoms with Gasteiger partial charge in [0.1, 0.15) is 6.04 Å². The number of nitrogens with two attached hydrogens (primary N) is 1. The minimum atomic E-state index is -0.898. The van der Waals surface area contributed by atoms with Gasteiger partial charge in [-0.1, -0.05) is 35.5 Å². The Morgan fingerprint density at radius 2 is 2.03 bits per heavy atom. The van der Waals surface area contributed by atoms with Crippen molar-refractivity contribution in [2.24, 2.45) is 10.9 Å². The molecule has 3 N–H and O–H groups in total. The van der Waals surface area contributed by atoms with Gasteiger partial charge in [0.05, 0.1) is 23.6 Å². The highest BCUT2D eigenvalue weighted by Crippen LogP contribution is 2.39. The summed E-state index contributed by atoms with van der Waals surface area (Å²) in [6.07, 6.45) is 3.56. The van der Waals surface area contributed by atoms with Crippen molar-refractivity contribution < 1.29 is 24.1 Å². The number of hydrogen-bond donors (Lipinski definition) is 2. The van der Waals surface area contributed by atoms with Gasteiger partial charge in [-0.25, -0.2) is 0 Å². The highest BCUT2D eigenvalue weighted by Gasteiger charge is 2.53. The summed E-state index contributed by atoms with van der Waals surface area (Å²) in [4.78, 5) is 54.7. The minimum Gasteiger partial charge on any atom is -0.387 e. The van der Waals surface area contributed by atoms with Gasteiger partial charge < -0.3 is 20.8 Å². The van der Waals surface area contributed by atoms with E-state index in [1.165, 1.54) is 35.2 Å². The maximum absolute atomic E-state index is 13.1. The third kappa shape index (κ3) is 5.24. The molecular weight excluding hydrogens is 466 g/mol. The van der Waals surface area contributed by atoms with Crippen molar-refractivity contribution in [3.8, 4) is 0 Å². The first kappa shape index (κ1) is 24.6. The molecule has 0 radical (unpaired) electrons. The second-order valence-electron chi connectivity index (χ2n) is 8.80. The SMILES string of the molecule is CC=CC(=O)Nc1cccc(C2=NOC3(C2)CC(C(N)=O)N(C(=O)Cc2ccc([N+](=O)[O-])cc2)C3)c1. The number of non-ortho nitro benzene ring substituents is 1. The number of nitrogens with zero attached hydrogens (tertiary/aromatic N) is 3. The molecule has 2 heterocycles. The maximum atomic E-state index is 13.1. The van der Waals surface area contributed by atoms with Gasteiger partial charge in [0.25, 0.3) is 5.69 Å². The molecule has 4 rings (SSSR count).